The molecule has 2 heteroatoms. The molecule has 0 N–H and O–H groups in total. The lowest BCUT2D eigenvalue weighted by molar-refractivity contribution is 0.345. The smallest absolute Gasteiger partial charge is 0.119 e. The van der Waals surface area contributed by atoms with Crippen LogP contribution in [-0.2, 0) is 0 Å². The van der Waals surface area contributed by atoms with E-state index in [9.17, 15) is 4.39 Å². The summed E-state index contributed by atoms with van der Waals surface area (Å²) in [5, 5.41) is 0. The normalized spacial score (nSPS) is 27.8. The molecule has 0 amide bonds. The number of allylic oxidation sites excluding steroid dienone is 6. The third-order valence-corrected chi connectivity index (χ3v) is 3.74. The molecule has 17 heavy (non-hydrogen) atoms. The average Bonchev–Trinajstić information content (AvgIpc) is 2.50. The Morgan fingerprint density at radius 1 is 1.12 bits per heavy atom. The highest BCUT2D eigenvalue weighted by Gasteiger charge is 2.17. The van der Waals surface area contributed by atoms with Crippen LogP contribution < -0.4 is 0 Å². The van der Waals surface area contributed by atoms with Crippen molar-refractivity contribution in [3.8, 4) is 0 Å². The Morgan fingerprint density at radius 2 is 1.94 bits per heavy atom. The predicted octanol–water partition coefficient (Wildman–Crippen LogP) is 3.85. The Bertz CT molecular complexity index is 341. The topological polar surface area (TPSA) is 3.24 Å². The molecular weight excluding hydrogens is 213 g/mol. The molecule has 1 aliphatic carbocycles. The zero-order chi connectivity index (χ0) is 12.1. The van der Waals surface area contributed by atoms with Crippen LogP contribution in [0.25, 0.3) is 0 Å². The molecule has 94 valence electrons. The van der Waals surface area contributed by atoms with Gasteiger partial charge in [0.1, 0.15) is 5.83 Å². The maximum Gasteiger partial charge on any atom is 0.119 e. The SMILES string of the molecule is CN1CCCC(C2=CCCC=C(F)C=C2)CC1. The van der Waals surface area contributed by atoms with Crippen molar-refractivity contribution in [2.24, 2.45) is 5.92 Å². The Hall–Kier alpha value is -0.890. The van der Waals surface area contributed by atoms with Gasteiger partial charge in [0, 0.05) is 0 Å². The van der Waals surface area contributed by atoms with Crippen LogP contribution in [0.3, 0.4) is 0 Å². The van der Waals surface area contributed by atoms with Gasteiger partial charge in [-0.15, -0.1) is 0 Å². The van der Waals surface area contributed by atoms with Gasteiger partial charge in [-0.2, -0.15) is 0 Å². The van der Waals surface area contributed by atoms with Crippen LogP contribution in [0.5, 0.6) is 0 Å². The first-order valence-electron chi connectivity index (χ1n) is 6.68. The minimum Gasteiger partial charge on any atom is -0.306 e. The summed E-state index contributed by atoms with van der Waals surface area (Å²) in [6.45, 7) is 2.36. The molecule has 1 nitrogen and oxygen atoms in total. The van der Waals surface area contributed by atoms with Gasteiger partial charge in [0.25, 0.3) is 0 Å². The molecule has 1 saturated heterocycles. The van der Waals surface area contributed by atoms with Crippen molar-refractivity contribution in [1.82, 2.24) is 4.90 Å². The van der Waals surface area contributed by atoms with Crippen molar-refractivity contribution in [2.75, 3.05) is 20.1 Å². The highest BCUT2D eigenvalue weighted by Crippen LogP contribution is 2.27. The van der Waals surface area contributed by atoms with Crippen LogP contribution in [0.1, 0.15) is 32.1 Å². The van der Waals surface area contributed by atoms with Crippen LogP contribution in [0.4, 0.5) is 4.39 Å². The van der Waals surface area contributed by atoms with Gasteiger partial charge in [-0.05, 0) is 75.9 Å². The third-order valence-electron chi connectivity index (χ3n) is 3.74. The molecule has 0 aromatic heterocycles. The summed E-state index contributed by atoms with van der Waals surface area (Å²) >= 11 is 0. The van der Waals surface area contributed by atoms with Crippen molar-refractivity contribution in [3.63, 3.8) is 0 Å². The summed E-state index contributed by atoms with van der Waals surface area (Å²) in [5.41, 5.74) is 1.35. The van der Waals surface area contributed by atoms with E-state index in [1.54, 1.807) is 12.2 Å². The minimum atomic E-state index is -0.0821. The average molecular weight is 235 g/mol. The zero-order valence-corrected chi connectivity index (χ0v) is 10.7. The number of hydrogen-bond donors (Lipinski definition) is 0. The molecule has 0 radical (unpaired) electrons. The maximum absolute atomic E-state index is 13.2. The van der Waals surface area contributed by atoms with E-state index in [4.69, 9.17) is 0 Å². The first-order chi connectivity index (χ1) is 8.25. The number of rotatable bonds is 1. The van der Waals surface area contributed by atoms with Crippen LogP contribution >= 0.6 is 0 Å². The van der Waals surface area contributed by atoms with E-state index >= 15 is 0 Å². The van der Waals surface area contributed by atoms with Gasteiger partial charge < -0.3 is 4.90 Å². The van der Waals surface area contributed by atoms with Crippen LogP contribution in [0.2, 0.25) is 0 Å². The molecule has 0 saturated carbocycles. The zero-order valence-electron chi connectivity index (χ0n) is 10.7. The van der Waals surface area contributed by atoms with Crippen LogP contribution in [0, 0.1) is 5.92 Å². The first-order valence-corrected chi connectivity index (χ1v) is 6.68. The van der Waals surface area contributed by atoms with Crippen molar-refractivity contribution in [2.45, 2.75) is 32.1 Å². The maximum atomic E-state index is 13.2. The summed E-state index contributed by atoms with van der Waals surface area (Å²) in [6.07, 6.45) is 13.1. The standard InChI is InChI=1S/C15H22FN/c1-17-11-4-6-14(10-12-17)13-5-2-3-7-15(16)9-8-13/h5,7-9,14H,2-4,6,10-12H2,1H3. The molecule has 0 aromatic carbocycles. The molecular formula is C15H22FN. The molecule has 0 aromatic rings. The first kappa shape index (κ1) is 12.6. The summed E-state index contributed by atoms with van der Waals surface area (Å²) < 4.78 is 13.2. The molecule has 2 rings (SSSR count). The second-order valence-corrected chi connectivity index (χ2v) is 5.13. The molecule has 1 fully saturated rings. The van der Waals surface area contributed by atoms with E-state index in [1.807, 2.05) is 6.08 Å². The van der Waals surface area contributed by atoms with Crippen molar-refractivity contribution < 1.29 is 4.39 Å². The fourth-order valence-electron chi connectivity index (χ4n) is 2.66. The van der Waals surface area contributed by atoms with Crippen LogP contribution in [-0.4, -0.2) is 25.0 Å². The lowest BCUT2D eigenvalue weighted by Crippen LogP contribution is -2.19. The largest absolute Gasteiger partial charge is 0.306 e. The monoisotopic (exact) mass is 235 g/mol. The quantitative estimate of drug-likeness (QED) is 0.667. The molecule has 0 bridgehead atoms. The fourth-order valence-corrected chi connectivity index (χ4v) is 2.66. The second-order valence-electron chi connectivity index (χ2n) is 5.13. The predicted molar refractivity (Wildman–Crippen MR) is 70.5 cm³/mol. The number of likely N-dealkylation sites (tertiary alicyclic amines) is 1. The Kier molecular flexibility index (Phi) is 4.55. The van der Waals surface area contributed by atoms with Gasteiger partial charge in [-0.25, -0.2) is 4.39 Å². The van der Waals surface area contributed by atoms with E-state index in [0.29, 0.717) is 5.92 Å². The number of nitrogens with zero attached hydrogens (tertiary/aromatic N) is 1. The number of halogens is 1. The summed E-state index contributed by atoms with van der Waals surface area (Å²) in [5.74, 6) is 0.545. The Labute approximate surface area is 104 Å². The second kappa shape index (κ2) is 6.15. The molecule has 0 spiro atoms. The van der Waals surface area contributed by atoms with Crippen molar-refractivity contribution in [3.05, 3.63) is 35.7 Å². The van der Waals surface area contributed by atoms with Gasteiger partial charge in [0.2, 0.25) is 0 Å². The molecule has 1 aliphatic heterocycles. The molecule has 1 unspecified atom stereocenters. The lowest BCUT2D eigenvalue weighted by atomic mass is 9.90. The summed E-state index contributed by atoms with van der Waals surface area (Å²) in [7, 11) is 2.19. The molecule has 1 heterocycles. The van der Waals surface area contributed by atoms with Gasteiger partial charge in [0.05, 0.1) is 0 Å². The van der Waals surface area contributed by atoms with Crippen molar-refractivity contribution >= 4 is 0 Å². The van der Waals surface area contributed by atoms with Gasteiger partial charge >= 0.3 is 0 Å². The van der Waals surface area contributed by atoms with Gasteiger partial charge in [-0.1, -0.05) is 12.2 Å². The van der Waals surface area contributed by atoms with Gasteiger partial charge in [-0.3, -0.25) is 0 Å². The highest BCUT2D eigenvalue weighted by atomic mass is 19.1. The Morgan fingerprint density at radius 3 is 2.82 bits per heavy atom. The minimum absolute atomic E-state index is 0.0821. The molecule has 2 aliphatic rings. The Balaban J connectivity index is 2.05. The van der Waals surface area contributed by atoms with E-state index in [1.165, 1.54) is 31.4 Å². The van der Waals surface area contributed by atoms with E-state index in [0.717, 1.165) is 19.4 Å². The van der Waals surface area contributed by atoms with Crippen molar-refractivity contribution in [1.29, 1.82) is 0 Å². The summed E-state index contributed by atoms with van der Waals surface area (Å²) in [4.78, 5) is 2.40. The summed E-state index contributed by atoms with van der Waals surface area (Å²) in [6, 6.07) is 0. The van der Waals surface area contributed by atoms with Gasteiger partial charge in [0.15, 0.2) is 0 Å². The fraction of sp³-hybridized carbons (Fsp3) is 0.600. The third kappa shape index (κ3) is 3.81. The van der Waals surface area contributed by atoms with E-state index < -0.39 is 0 Å². The highest BCUT2D eigenvalue weighted by molar-refractivity contribution is 5.28. The lowest BCUT2D eigenvalue weighted by Gasteiger charge is -2.17. The number of hydrogen-bond acceptors (Lipinski definition) is 1. The molecule has 1 atom stereocenters. The van der Waals surface area contributed by atoms with E-state index in [2.05, 4.69) is 18.0 Å². The van der Waals surface area contributed by atoms with E-state index in [-0.39, 0.29) is 5.83 Å². The van der Waals surface area contributed by atoms with Crippen LogP contribution in [0.15, 0.2) is 35.7 Å².